The zero-order valence-corrected chi connectivity index (χ0v) is 19.1. The number of ether oxygens (including phenoxy) is 1. The van der Waals surface area contributed by atoms with Crippen LogP contribution in [0.3, 0.4) is 0 Å². The number of anilines is 1. The van der Waals surface area contributed by atoms with Crippen molar-refractivity contribution < 1.29 is 9.53 Å². The molecular weight excluding hydrogens is 476 g/mol. The smallest absolute Gasteiger partial charge is 0.234 e. The van der Waals surface area contributed by atoms with Gasteiger partial charge < -0.3 is 14.6 Å². The standard InChI is InChI=1S/C20H20BrClN4O2S/c1-3-26-18(11-28-15-9-7-14(21)8-10-15)24-25-20(26)29-12-19(27)23-17-6-4-5-16(22)13(17)2/h4-10H,3,11-12H2,1-2H3,(H,23,27). The van der Waals surface area contributed by atoms with Crippen LogP contribution >= 0.6 is 39.3 Å². The fourth-order valence-corrected chi connectivity index (χ4v) is 3.85. The second kappa shape index (κ2) is 10.1. The zero-order chi connectivity index (χ0) is 20.8. The lowest BCUT2D eigenvalue weighted by atomic mass is 10.2. The van der Waals surface area contributed by atoms with Crippen molar-refractivity contribution >= 4 is 50.9 Å². The zero-order valence-electron chi connectivity index (χ0n) is 16.0. The van der Waals surface area contributed by atoms with Crippen LogP contribution in [-0.2, 0) is 17.9 Å². The Bertz CT molecular complexity index is 995. The molecule has 0 bridgehead atoms. The Hall–Kier alpha value is -2.03. The predicted molar refractivity (Wildman–Crippen MR) is 120 cm³/mol. The van der Waals surface area contributed by atoms with Crippen LogP contribution in [-0.4, -0.2) is 26.4 Å². The van der Waals surface area contributed by atoms with E-state index in [0.29, 0.717) is 34.8 Å². The summed E-state index contributed by atoms with van der Waals surface area (Å²) in [5.41, 5.74) is 1.56. The van der Waals surface area contributed by atoms with Gasteiger partial charge in [-0.25, -0.2) is 0 Å². The third-order valence-electron chi connectivity index (χ3n) is 4.17. The van der Waals surface area contributed by atoms with Gasteiger partial charge in [-0.05, 0) is 55.8 Å². The Labute approximate surface area is 187 Å². The van der Waals surface area contributed by atoms with Crippen molar-refractivity contribution in [2.24, 2.45) is 0 Å². The molecule has 0 aliphatic heterocycles. The minimum atomic E-state index is -0.126. The Morgan fingerprint density at radius 1 is 1.24 bits per heavy atom. The molecule has 9 heteroatoms. The van der Waals surface area contributed by atoms with E-state index in [9.17, 15) is 4.79 Å². The molecule has 1 amide bonds. The third-order valence-corrected chi connectivity index (χ3v) is 6.07. The summed E-state index contributed by atoms with van der Waals surface area (Å²) in [6.07, 6.45) is 0. The highest BCUT2D eigenvalue weighted by Crippen LogP contribution is 2.24. The van der Waals surface area contributed by atoms with Crippen LogP contribution in [0.15, 0.2) is 52.1 Å². The molecule has 6 nitrogen and oxygen atoms in total. The molecule has 0 saturated heterocycles. The lowest BCUT2D eigenvalue weighted by Crippen LogP contribution is -2.15. The minimum absolute atomic E-state index is 0.126. The molecule has 29 heavy (non-hydrogen) atoms. The molecule has 3 rings (SSSR count). The number of amides is 1. The minimum Gasteiger partial charge on any atom is -0.486 e. The molecule has 0 unspecified atom stereocenters. The van der Waals surface area contributed by atoms with Crippen molar-refractivity contribution in [2.45, 2.75) is 32.2 Å². The molecule has 152 valence electrons. The lowest BCUT2D eigenvalue weighted by molar-refractivity contribution is -0.113. The maximum absolute atomic E-state index is 12.3. The summed E-state index contributed by atoms with van der Waals surface area (Å²) < 4.78 is 8.72. The highest BCUT2D eigenvalue weighted by Gasteiger charge is 2.14. The number of carbonyl (C=O) groups is 1. The van der Waals surface area contributed by atoms with E-state index in [2.05, 4.69) is 31.4 Å². The van der Waals surface area contributed by atoms with Crippen LogP contribution in [0.2, 0.25) is 5.02 Å². The molecular formula is C20H20BrClN4O2S. The molecule has 1 N–H and O–H groups in total. The van der Waals surface area contributed by atoms with Gasteiger partial charge in [-0.3, -0.25) is 4.79 Å². The second-order valence-corrected chi connectivity index (χ2v) is 8.40. The van der Waals surface area contributed by atoms with Gasteiger partial charge in [0.25, 0.3) is 0 Å². The van der Waals surface area contributed by atoms with Crippen molar-refractivity contribution in [2.75, 3.05) is 11.1 Å². The van der Waals surface area contributed by atoms with Crippen molar-refractivity contribution in [3.8, 4) is 5.75 Å². The Morgan fingerprint density at radius 2 is 2.00 bits per heavy atom. The number of carbonyl (C=O) groups excluding carboxylic acids is 1. The van der Waals surface area contributed by atoms with Crippen molar-refractivity contribution in [3.63, 3.8) is 0 Å². The van der Waals surface area contributed by atoms with Gasteiger partial charge in [0.2, 0.25) is 5.91 Å². The molecule has 1 heterocycles. The van der Waals surface area contributed by atoms with Crippen molar-refractivity contribution in [1.82, 2.24) is 14.8 Å². The van der Waals surface area contributed by atoms with Gasteiger partial charge in [-0.2, -0.15) is 0 Å². The van der Waals surface area contributed by atoms with E-state index in [1.54, 1.807) is 6.07 Å². The lowest BCUT2D eigenvalue weighted by Gasteiger charge is -2.10. The summed E-state index contributed by atoms with van der Waals surface area (Å²) in [7, 11) is 0. The van der Waals surface area contributed by atoms with E-state index in [4.69, 9.17) is 16.3 Å². The molecule has 2 aromatic carbocycles. The van der Waals surface area contributed by atoms with Gasteiger partial charge in [-0.15, -0.1) is 10.2 Å². The largest absolute Gasteiger partial charge is 0.486 e. The molecule has 1 aromatic heterocycles. The van der Waals surface area contributed by atoms with Crippen LogP contribution in [0.4, 0.5) is 5.69 Å². The Balaban J connectivity index is 1.58. The van der Waals surface area contributed by atoms with Crippen LogP contribution in [0.5, 0.6) is 5.75 Å². The highest BCUT2D eigenvalue weighted by molar-refractivity contribution is 9.10. The average Bonchev–Trinajstić information content (AvgIpc) is 3.11. The molecule has 0 aliphatic rings. The summed E-state index contributed by atoms with van der Waals surface area (Å²) in [5, 5.41) is 12.6. The monoisotopic (exact) mass is 494 g/mol. The number of rotatable bonds is 8. The van der Waals surface area contributed by atoms with E-state index in [1.807, 2.05) is 54.8 Å². The van der Waals surface area contributed by atoms with Crippen LogP contribution in [0, 0.1) is 6.92 Å². The first-order valence-electron chi connectivity index (χ1n) is 8.96. The van der Waals surface area contributed by atoms with Crippen molar-refractivity contribution in [1.29, 1.82) is 0 Å². The molecule has 0 fully saturated rings. The maximum atomic E-state index is 12.3. The Morgan fingerprint density at radius 3 is 2.72 bits per heavy atom. The topological polar surface area (TPSA) is 69.0 Å². The predicted octanol–water partition coefficient (Wildman–Crippen LogP) is 5.33. The van der Waals surface area contributed by atoms with Gasteiger partial charge in [0.05, 0.1) is 5.75 Å². The van der Waals surface area contributed by atoms with Gasteiger partial charge >= 0.3 is 0 Å². The summed E-state index contributed by atoms with van der Waals surface area (Å²) in [6.45, 7) is 4.86. The fraction of sp³-hybridized carbons (Fsp3) is 0.250. The SMILES string of the molecule is CCn1c(COc2ccc(Br)cc2)nnc1SCC(=O)Nc1cccc(Cl)c1C. The molecule has 0 aliphatic carbocycles. The molecule has 0 atom stereocenters. The van der Waals surface area contributed by atoms with Crippen molar-refractivity contribution in [3.05, 3.63) is 63.3 Å². The molecule has 0 radical (unpaired) electrons. The number of nitrogens with one attached hydrogen (secondary N) is 1. The maximum Gasteiger partial charge on any atom is 0.234 e. The summed E-state index contributed by atoms with van der Waals surface area (Å²) in [6, 6.07) is 13.0. The number of halogens is 2. The number of hydrogen-bond donors (Lipinski definition) is 1. The number of benzene rings is 2. The number of nitrogens with zero attached hydrogens (tertiary/aromatic N) is 3. The third kappa shape index (κ3) is 5.74. The molecule has 0 saturated carbocycles. The summed E-state index contributed by atoms with van der Waals surface area (Å²) in [4.78, 5) is 12.3. The second-order valence-electron chi connectivity index (χ2n) is 6.13. The van der Waals surface area contributed by atoms with E-state index < -0.39 is 0 Å². The number of thioether (sulfide) groups is 1. The van der Waals surface area contributed by atoms with Gasteiger partial charge in [0.1, 0.15) is 12.4 Å². The van der Waals surface area contributed by atoms with E-state index in [0.717, 1.165) is 15.8 Å². The first-order valence-corrected chi connectivity index (χ1v) is 11.1. The average molecular weight is 496 g/mol. The van der Waals surface area contributed by atoms with Gasteiger partial charge in [-0.1, -0.05) is 45.4 Å². The Kier molecular flexibility index (Phi) is 7.57. The first-order chi connectivity index (χ1) is 14.0. The van der Waals surface area contributed by atoms with E-state index in [1.165, 1.54) is 11.8 Å². The van der Waals surface area contributed by atoms with Crippen LogP contribution < -0.4 is 10.1 Å². The first kappa shape index (κ1) is 21.7. The van der Waals surface area contributed by atoms with Crippen LogP contribution in [0.25, 0.3) is 0 Å². The highest BCUT2D eigenvalue weighted by atomic mass is 79.9. The van der Waals surface area contributed by atoms with E-state index >= 15 is 0 Å². The normalized spacial score (nSPS) is 10.8. The molecule has 0 spiro atoms. The van der Waals surface area contributed by atoms with Gasteiger partial charge in [0, 0.05) is 21.7 Å². The van der Waals surface area contributed by atoms with Gasteiger partial charge in [0.15, 0.2) is 11.0 Å². The van der Waals surface area contributed by atoms with Crippen LogP contribution in [0.1, 0.15) is 18.3 Å². The van der Waals surface area contributed by atoms with E-state index in [-0.39, 0.29) is 11.7 Å². The summed E-state index contributed by atoms with van der Waals surface area (Å²) in [5.74, 6) is 1.56. The summed E-state index contributed by atoms with van der Waals surface area (Å²) >= 11 is 10.8. The number of hydrogen-bond acceptors (Lipinski definition) is 5. The number of aromatic nitrogens is 3. The molecule has 3 aromatic rings. The quantitative estimate of drug-likeness (QED) is 0.428. The fourth-order valence-electron chi connectivity index (χ4n) is 2.59.